The normalized spacial score (nSPS) is 15.9. The molecule has 0 unspecified atom stereocenters. The first-order valence-electron chi connectivity index (χ1n) is 6.01. The number of carbonyl (C=O) groups excluding carboxylic acids is 1. The Bertz CT molecular complexity index is 514. The van der Waals surface area contributed by atoms with Crippen LogP contribution in [0.5, 0.6) is 0 Å². The molecule has 1 aliphatic carbocycles. The van der Waals surface area contributed by atoms with Crippen molar-refractivity contribution in [3.8, 4) is 0 Å². The van der Waals surface area contributed by atoms with E-state index in [4.69, 9.17) is 10.9 Å². The first kappa shape index (κ1) is 13.9. The summed E-state index contributed by atoms with van der Waals surface area (Å²) in [5, 5.41) is 8.12. The third kappa shape index (κ3) is 3.48. The van der Waals surface area contributed by atoms with Gasteiger partial charge in [0.25, 0.3) is 5.91 Å². The number of hydrogen-bond acceptors (Lipinski definition) is 4. The van der Waals surface area contributed by atoms with Crippen LogP contribution < -0.4 is 16.2 Å². The minimum absolute atomic E-state index is 0.119. The van der Waals surface area contributed by atoms with Crippen LogP contribution in [0, 0.1) is 11.7 Å². The molecule has 0 aliphatic heterocycles. The van der Waals surface area contributed by atoms with Crippen LogP contribution in [-0.4, -0.2) is 5.91 Å². The van der Waals surface area contributed by atoms with Crippen molar-refractivity contribution in [1.82, 2.24) is 5.32 Å². The summed E-state index contributed by atoms with van der Waals surface area (Å²) < 4.78 is 13.4. The quantitative estimate of drug-likeness (QED) is 0.566. The molecule has 5 N–H and O–H groups in total. The predicted octanol–water partition coefficient (Wildman–Crippen LogP) is 1.63. The lowest BCUT2D eigenvalue weighted by molar-refractivity contribution is -0.117. The molecule has 102 valence electrons. The van der Waals surface area contributed by atoms with E-state index in [1.54, 1.807) is 18.2 Å². The topological polar surface area (TPSA) is 81.1 Å². The zero-order valence-corrected chi connectivity index (χ0v) is 11.2. The second kappa shape index (κ2) is 6.08. The molecular formula is C13H16FN3OS. The zero-order valence-electron chi connectivity index (χ0n) is 10.4. The number of nitrogens with one attached hydrogen (secondary N) is 1. The number of allylic oxidation sites excluding steroid dienone is 1. The molecule has 1 fully saturated rings. The van der Waals surface area contributed by atoms with Gasteiger partial charge in [-0.05, 0) is 36.8 Å². The smallest absolute Gasteiger partial charge is 0.261 e. The Labute approximate surface area is 115 Å². The van der Waals surface area contributed by atoms with Gasteiger partial charge < -0.3 is 11.1 Å². The number of amides is 1. The van der Waals surface area contributed by atoms with Gasteiger partial charge in [0.15, 0.2) is 0 Å². The Kier molecular flexibility index (Phi) is 4.44. The van der Waals surface area contributed by atoms with E-state index in [2.05, 4.69) is 5.32 Å². The number of benzene rings is 1. The third-order valence-corrected chi connectivity index (χ3v) is 3.66. The maximum absolute atomic E-state index is 13.4. The van der Waals surface area contributed by atoms with E-state index in [1.807, 2.05) is 0 Å². The van der Waals surface area contributed by atoms with Crippen molar-refractivity contribution in [1.29, 1.82) is 0 Å². The molecule has 0 atom stereocenters. The van der Waals surface area contributed by atoms with Crippen LogP contribution in [-0.2, 0) is 11.3 Å². The highest BCUT2D eigenvalue weighted by Gasteiger charge is 2.28. The second-order valence-corrected chi connectivity index (χ2v) is 5.09. The van der Waals surface area contributed by atoms with E-state index >= 15 is 0 Å². The Morgan fingerprint density at radius 3 is 2.68 bits per heavy atom. The number of carbonyl (C=O) groups is 1. The molecule has 1 amide bonds. The second-order valence-electron chi connectivity index (χ2n) is 4.45. The van der Waals surface area contributed by atoms with Crippen LogP contribution in [0.15, 0.2) is 34.9 Å². The monoisotopic (exact) mass is 281 g/mol. The Hall–Kier alpha value is -1.53. The average molecular weight is 281 g/mol. The highest BCUT2D eigenvalue weighted by molar-refractivity contribution is 8.01. The van der Waals surface area contributed by atoms with E-state index in [9.17, 15) is 9.18 Å². The standard InChI is InChI=1S/C13H16FN3OS/c14-10-4-2-1-3-9(10)7-17-13(18)12(19-16)11(15)8-5-6-8/h1-4,8H,5-7,15-16H2,(H,17,18)/b12-11-. The van der Waals surface area contributed by atoms with Crippen molar-refractivity contribution >= 4 is 17.9 Å². The molecule has 1 aromatic carbocycles. The molecule has 0 bridgehead atoms. The van der Waals surface area contributed by atoms with Crippen LogP contribution in [0.2, 0.25) is 0 Å². The Balaban J connectivity index is 2.01. The van der Waals surface area contributed by atoms with Gasteiger partial charge in [-0.1, -0.05) is 18.2 Å². The van der Waals surface area contributed by atoms with Crippen LogP contribution in [0.3, 0.4) is 0 Å². The minimum Gasteiger partial charge on any atom is -0.401 e. The molecule has 0 heterocycles. The van der Waals surface area contributed by atoms with Crippen LogP contribution in [0.25, 0.3) is 0 Å². The van der Waals surface area contributed by atoms with Crippen molar-refractivity contribution in [2.24, 2.45) is 16.8 Å². The first-order chi connectivity index (χ1) is 9.13. The fraction of sp³-hybridized carbons (Fsp3) is 0.308. The average Bonchev–Trinajstić information content (AvgIpc) is 3.23. The molecule has 0 saturated heterocycles. The molecule has 6 heteroatoms. The molecule has 0 spiro atoms. The van der Waals surface area contributed by atoms with Gasteiger partial charge in [-0.2, -0.15) is 0 Å². The molecule has 2 rings (SSSR count). The number of nitrogens with two attached hydrogens (primary N) is 2. The first-order valence-corrected chi connectivity index (χ1v) is 6.89. The Morgan fingerprint density at radius 1 is 1.42 bits per heavy atom. The summed E-state index contributed by atoms with van der Waals surface area (Å²) in [7, 11) is 0. The molecule has 1 aliphatic rings. The SMILES string of the molecule is NS/C(C(=O)NCc1ccccc1F)=C(\N)C1CC1. The van der Waals surface area contributed by atoms with Crippen LogP contribution in [0.1, 0.15) is 18.4 Å². The molecule has 0 aromatic heterocycles. The van der Waals surface area contributed by atoms with Gasteiger partial charge in [0.05, 0.1) is 0 Å². The fourth-order valence-electron chi connectivity index (χ4n) is 1.73. The molecule has 1 aromatic rings. The van der Waals surface area contributed by atoms with E-state index < -0.39 is 0 Å². The van der Waals surface area contributed by atoms with E-state index in [0.717, 1.165) is 24.8 Å². The lowest BCUT2D eigenvalue weighted by atomic mass is 10.2. The van der Waals surface area contributed by atoms with Crippen LogP contribution in [0.4, 0.5) is 4.39 Å². The van der Waals surface area contributed by atoms with Gasteiger partial charge in [-0.25, -0.2) is 4.39 Å². The molecular weight excluding hydrogens is 265 g/mol. The van der Waals surface area contributed by atoms with Crippen molar-refractivity contribution in [2.45, 2.75) is 19.4 Å². The van der Waals surface area contributed by atoms with Gasteiger partial charge >= 0.3 is 0 Å². The number of rotatable bonds is 5. The molecule has 1 saturated carbocycles. The van der Waals surface area contributed by atoms with E-state index in [-0.39, 0.29) is 24.2 Å². The van der Waals surface area contributed by atoms with E-state index in [1.165, 1.54) is 6.07 Å². The van der Waals surface area contributed by atoms with Crippen molar-refractivity contribution in [3.05, 3.63) is 46.2 Å². The summed E-state index contributed by atoms with van der Waals surface area (Å²) in [6.07, 6.45) is 1.99. The lowest BCUT2D eigenvalue weighted by Crippen LogP contribution is -2.27. The van der Waals surface area contributed by atoms with Gasteiger partial charge in [0.1, 0.15) is 10.7 Å². The predicted molar refractivity (Wildman–Crippen MR) is 74.0 cm³/mol. The van der Waals surface area contributed by atoms with Crippen molar-refractivity contribution in [2.75, 3.05) is 0 Å². The summed E-state index contributed by atoms with van der Waals surface area (Å²) in [6.45, 7) is 0.119. The summed E-state index contributed by atoms with van der Waals surface area (Å²) in [5.74, 6) is -0.422. The van der Waals surface area contributed by atoms with Crippen LogP contribution >= 0.6 is 11.9 Å². The van der Waals surface area contributed by atoms with E-state index in [0.29, 0.717) is 16.2 Å². The van der Waals surface area contributed by atoms with Gasteiger partial charge in [0, 0.05) is 17.8 Å². The number of halogens is 1. The fourth-order valence-corrected chi connectivity index (χ4v) is 2.21. The van der Waals surface area contributed by atoms with Gasteiger partial charge in [-0.3, -0.25) is 9.93 Å². The maximum atomic E-state index is 13.4. The molecule has 0 radical (unpaired) electrons. The number of hydrogen-bond donors (Lipinski definition) is 3. The summed E-state index contributed by atoms with van der Waals surface area (Å²) >= 11 is 0.843. The highest BCUT2D eigenvalue weighted by atomic mass is 32.2. The van der Waals surface area contributed by atoms with Gasteiger partial charge in [-0.15, -0.1) is 0 Å². The van der Waals surface area contributed by atoms with Crippen molar-refractivity contribution < 1.29 is 9.18 Å². The maximum Gasteiger partial charge on any atom is 0.261 e. The van der Waals surface area contributed by atoms with Gasteiger partial charge in [0.2, 0.25) is 0 Å². The highest BCUT2D eigenvalue weighted by Crippen LogP contribution is 2.36. The summed E-state index contributed by atoms with van der Waals surface area (Å²) in [4.78, 5) is 12.3. The third-order valence-electron chi connectivity index (χ3n) is 3.00. The zero-order chi connectivity index (χ0) is 13.8. The lowest BCUT2D eigenvalue weighted by Gasteiger charge is -2.10. The largest absolute Gasteiger partial charge is 0.401 e. The Morgan fingerprint density at radius 2 is 2.11 bits per heavy atom. The van der Waals surface area contributed by atoms with Crippen molar-refractivity contribution in [3.63, 3.8) is 0 Å². The molecule has 4 nitrogen and oxygen atoms in total. The minimum atomic E-state index is -0.347. The summed E-state index contributed by atoms with van der Waals surface area (Å²) in [6, 6.07) is 6.30. The summed E-state index contributed by atoms with van der Waals surface area (Å²) in [5.41, 5.74) is 6.85. The molecule has 19 heavy (non-hydrogen) atoms.